The van der Waals surface area contributed by atoms with Gasteiger partial charge in [-0.3, -0.25) is 14.4 Å². The molecule has 0 fully saturated rings. The van der Waals surface area contributed by atoms with Crippen LogP contribution in [-0.4, -0.2) is 29.4 Å². The van der Waals surface area contributed by atoms with E-state index in [9.17, 15) is 14.4 Å². The Bertz CT molecular complexity index is 579. The molecule has 0 aromatic heterocycles. The zero-order valence-corrected chi connectivity index (χ0v) is 14.0. The molecule has 0 aliphatic heterocycles. The van der Waals surface area contributed by atoms with Crippen LogP contribution < -0.4 is 10.6 Å². The van der Waals surface area contributed by atoms with Crippen LogP contribution >= 0.6 is 0 Å². The molecule has 23 heavy (non-hydrogen) atoms. The highest BCUT2D eigenvalue weighted by molar-refractivity contribution is 5.80. The van der Waals surface area contributed by atoms with Gasteiger partial charge in [-0.25, -0.2) is 0 Å². The van der Waals surface area contributed by atoms with E-state index >= 15 is 0 Å². The first kappa shape index (κ1) is 18.7. The molecule has 1 aromatic carbocycles. The molecular formula is C17H24N2O4. The number of carbonyl (C=O) groups excluding carboxylic acids is 2. The minimum absolute atomic E-state index is 0.0296. The Kier molecular flexibility index (Phi) is 6.30. The van der Waals surface area contributed by atoms with Crippen LogP contribution in [0.4, 0.5) is 0 Å². The summed E-state index contributed by atoms with van der Waals surface area (Å²) in [5, 5.41) is 14.4. The van der Waals surface area contributed by atoms with Gasteiger partial charge in [0.2, 0.25) is 11.8 Å². The smallest absolute Gasteiger partial charge is 0.310 e. The summed E-state index contributed by atoms with van der Waals surface area (Å²) in [7, 11) is 0. The summed E-state index contributed by atoms with van der Waals surface area (Å²) in [6.45, 7) is 6.47. The summed E-state index contributed by atoms with van der Waals surface area (Å²) in [5.74, 6) is -1.51. The molecular weight excluding hydrogens is 296 g/mol. The second-order valence-electron chi connectivity index (χ2n) is 6.33. The van der Waals surface area contributed by atoms with E-state index in [2.05, 4.69) is 10.6 Å². The topological polar surface area (TPSA) is 95.5 Å². The maximum absolute atomic E-state index is 12.1. The average molecular weight is 320 g/mol. The standard InChI is InChI=1S/C17H24N2O4/c1-11-5-7-13(8-6-11)14(19-12(2)20)9-15(21)18-10-17(3,4)16(22)23/h5-8,14H,9-10H2,1-4H3,(H,18,21)(H,19,20)(H,22,23). The third-order valence-corrected chi connectivity index (χ3v) is 3.55. The maximum atomic E-state index is 12.1. The van der Waals surface area contributed by atoms with Crippen molar-refractivity contribution >= 4 is 17.8 Å². The summed E-state index contributed by atoms with van der Waals surface area (Å²) < 4.78 is 0. The van der Waals surface area contributed by atoms with Crippen LogP contribution in [0.3, 0.4) is 0 Å². The third-order valence-electron chi connectivity index (χ3n) is 3.55. The molecule has 0 spiro atoms. The highest BCUT2D eigenvalue weighted by atomic mass is 16.4. The molecule has 0 bridgehead atoms. The zero-order valence-electron chi connectivity index (χ0n) is 14.0. The Balaban J connectivity index is 2.74. The molecule has 0 radical (unpaired) electrons. The van der Waals surface area contributed by atoms with Crippen molar-refractivity contribution in [1.82, 2.24) is 10.6 Å². The first-order valence-electron chi connectivity index (χ1n) is 7.45. The number of rotatable bonds is 7. The Morgan fingerprint density at radius 1 is 1.17 bits per heavy atom. The molecule has 6 heteroatoms. The van der Waals surface area contributed by atoms with Crippen molar-refractivity contribution in [3.05, 3.63) is 35.4 Å². The summed E-state index contributed by atoms with van der Waals surface area (Å²) in [4.78, 5) is 34.5. The van der Waals surface area contributed by atoms with Gasteiger partial charge in [0.25, 0.3) is 0 Å². The van der Waals surface area contributed by atoms with E-state index in [1.807, 2.05) is 31.2 Å². The molecule has 2 amide bonds. The molecule has 0 saturated heterocycles. The maximum Gasteiger partial charge on any atom is 0.310 e. The first-order chi connectivity index (χ1) is 10.6. The quantitative estimate of drug-likeness (QED) is 0.713. The molecule has 0 aliphatic rings. The minimum Gasteiger partial charge on any atom is -0.481 e. The van der Waals surface area contributed by atoms with Crippen molar-refractivity contribution in [2.24, 2.45) is 5.41 Å². The number of amides is 2. The molecule has 1 atom stereocenters. The molecule has 0 aliphatic carbocycles. The Morgan fingerprint density at radius 2 is 1.74 bits per heavy atom. The highest BCUT2D eigenvalue weighted by Gasteiger charge is 2.28. The Labute approximate surface area is 136 Å². The van der Waals surface area contributed by atoms with Gasteiger partial charge in [-0.15, -0.1) is 0 Å². The number of carboxylic acids is 1. The normalized spacial score (nSPS) is 12.3. The number of hydrogen-bond donors (Lipinski definition) is 3. The lowest BCUT2D eigenvalue weighted by molar-refractivity contribution is -0.146. The molecule has 0 saturated carbocycles. The SMILES string of the molecule is CC(=O)NC(CC(=O)NCC(C)(C)C(=O)O)c1ccc(C)cc1. The number of nitrogens with one attached hydrogen (secondary N) is 2. The van der Waals surface area contributed by atoms with E-state index in [0.717, 1.165) is 11.1 Å². The summed E-state index contributed by atoms with van der Waals surface area (Å²) in [6.07, 6.45) is 0.0539. The lowest BCUT2D eigenvalue weighted by Crippen LogP contribution is -2.40. The Hall–Kier alpha value is -2.37. The second kappa shape index (κ2) is 7.76. The minimum atomic E-state index is -1.04. The fourth-order valence-corrected chi connectivity index (χ4v) is 1.95. The number of aliphatic carboxylic acids is 1. The molecule has 1 unspecified atom stereocenters. The van der Waals surface area contributed by atoms with Crippen molar-refractivity contribution in [1.29, 1.82) is 0 Å². The number of carbonyl (C=O) groups is 3. The van der Waals surface area contributed by atoms with Gasteiger partial charge in [0, 0.05) is 13.5 Å². The highest BCUT2D eigenvalue weighted by Crippen LogP contribution is 2.18. The van der Waals surface area contributed by atoms with E-state index in [0.29, 0.717) is 0 Å². The van der Waals surface area contributed by atoms with Crippen molar-refractivity contribution in [2.45, 2.75) is 40.2 Å². The first-order valence-corrected chi connectivity index (χ1v) is 7.45. The van der Waals surface area contributed by atoms with Crippen LogP contribution in [0.15, 0.2) is 24.3 Å². The zero-order chi connectivity index (χ0) is 17.6. The molecule has 3 N–H and O–H groups in total. The molecule has 1 aromatic rings. The molecule has 126 valence electrons. The number of aryl methyl sites for hydroxylation is 1. The predicted octanol–water partition coefficient (Wildman–Crippen LogP) is 1.79. The van der Waals surface area contributed by atoms with Crippen LogP contribution in [0.2, 0.25) is 0 Å². The van der Waals surface area contributed by atoms with Crippen molar-refractivity contribution in [3.8, 4) is 0 Å². The third kappa shape index (κ3) is 6.10. The van der Waals surface area contributed by atoms with Crippen LogP contribution in [0.1, 0.15) is 44.4 Å². The monoisotopic (exact) mass is 320 g/mol. The number of benzene rings is 1. The molecule has 6 nitrogen and oxygen atoms in total. The van der Waals surface area contributed by atoms with Crippen LogP contribution in [-0.2, 0) is 14.4 Å². The van der Waals surface area contributed by atoms with E-state index in [1.165, 1.54) is 6.92 Å². The van der Waals surface area contributed by atoms with Crippen LogP contribution in [0.25, 0.3) is 0 Å². The lowest BCUT2D eigenvalue weighted by atomic mass is 9.93. The molecule has 1 rings (SSSR count). The fraction of sp³-hybridized carbons (Fsp3) is 0.471. The van der Waals surface area contributed by atoms with Gasteiger partial charge in [0.1, 0.15) is 0 Å². The summed E-state index contributed by atoms with van der Waals surface area (Å²) in [5.41, 5.74) is 0.879. The van der Waals surface area contributed by atoms with Gasteiger partial charge in [-0.05, 0) is 26.3 Å². The van der Waals surface area contributed by atoms with Gasteiger partial charge >= 0.3 is 5.97 Å². The largest absolute Gasteiger partial charge is 0.481 e. The van der Waals surface area contributed by atoms with E-state index in [-0.39, 0.29) is 24.8 Å². The number of hydrogen-bond acceptors (Lipinski definition) is 3. The Morgan fingerprint density at radius 3 is 2.22 bits per heavy atom. The summed E-state index contributed by atoms with van der Waals surface area (Å²) >= 11 is 0. The fourth-order valence-electron chi connectivity index (χ4n) is 1.95. The lowest BCUT2D eigenvalue weighted by Gasteiger charge is -2.22. The van der Waals surface area contributed by atoms with Crippen molar-refractivity contribution in [3.63, 3.8) is 0 Å². The average Bonchev–Trinajstić information content (AvgIpc) is 2.44. The van der Waals surface area contributed by atoms with Gasteiger partial charge in [0.05, 0.1) is 17.9 Å². The summed E-state index contributed by atoms with van der Waals surface area (Å²) in [6, 6.07) is 7.11. The van der Waals surface area contributed by atoms with Crippen molar-refractivity contribution in [2.75, 3.05) is 6.54 Å². The van der Waals surface area contributed by atoms with Crippen molar-refractivity contribution < 1.29 is 19.5 Å². The van der Waals surface area contributed by atoms with Gasteiger partial charge in [-0.2, -0.15) is 0 Å². The van der Waals surface area contributed by atoms with Gasteiger partial charge < -0.3 is 15.7 Å². The van der Waals surface area contributed by atoms with Gasteiger partial charge in [-0.1, -0.05) is 29.8 Å². The molecule has 0 heterocycles. The number of carboxylic acid groups (broad SMARTS) is 1. The van der Waals surface area contributed by atoms with E-state index in [1.54, 1.807) is 13.8 Å². The second-order valence-corrected chi connectivity index (χ2v) is 6.33. The van der Waals surface area contributed by atoms with E-state index < -0.39 is 17.4 Å². The van der Waals surface area contributed by atoms with E-state index in [4.69, 9.17) is 5.11 Å². The van der Waals surface area contributed by atoms with Crippen LogP contribution in [0, 0.1) is 12.3 Å². The predicted molar refractivity (Wildman–Crippen MR) is 86.8 cm³/mol. The van der Waals surface area contributed by atoms with Crippen LogP contribution in [0.5, 0.6) is 0 Å². The van der Waals surface area contributed by atoms with Gasteiger partial charge in [0.15, 0.2) is 0 Å².